The number of β-amino-alcohol motifs (C(OH)–C–C–N with tert-alkyl or cyclic N) is 1. The molecule has 74 valence electrons. The quantitative estimate of drug-likeness (QED) is 0.676. The van der Waals surface area contributed by atoms with Gasteiger partial charge in [-0.25, -0.2) is 0 Å². The molecule has 3 heteroatoms. The number of benzene rings is 1. The van der Waals surface area contributed by atoms with Crippen molar-refractivity contribution in [3.05, 3.63) is 35.4 Å². The van der Waals surface area contributed by atoms with Gasteiger partial charge >= 0.3 is 0 Å². The number of rotatable bonds is 2. The third kappa shape index (κ3) is 1.45. The Morgan fingerprint density at radius 1 is 1.36 bits per heavy atom. The molecule has 0 saturated carbocycles. The maximum atomic E-state index is 11.0. The highest BCUT2D eigenvalue weighted by atomic mass is 16.3. The van der Waals surface area contributed by atoms with Gasteiger partial charge in [0.2, 0.25) is 0 Å². The van der Waals surface area contributed by atoms with Crippen LogP contribution < -0.4 is 5.32 Å². The van der Waals surface area contributed by atoms with Crippen LogP contribution in [0.3, 0.4) is 0 Å². The SMILES string of the molecule is CC(=O)c1ccc(C2(O)CNC2)cc1. The average molecular weight is 191 g/mol. The third-order valence-corrected chi connectivity index (χ3v) is 2.66. The van der Waals surface area contributed by atoms with E-state index < -0.39 is 5.60 Å². The lowest BCUT2D eigenvalue weighted by Gasteiger charge is -2.38. The molecule has 0 unspecified atom stereocenters. The molecule has 1 aromatic rings. The van der Waals surface area contributed by atoms with Crippen LogP contribution in [0.4, 0.5) is 0 Å². The van der Waals surface area contributed by atoms with Crippen molar-refractivity contribution in [2.45, 2.75) is 12.5 Å². The first-order valence-corrected chi connectivity index (χ1v) is 4.66. The first kappa shape index (κ1) is 9.37. The van der Waals surface area contributed by atoms with E-state index >= 15 is 0 Å². The van der Waals surface area contributed by atoms with E-state index in [1.807, 2.05) is 12.1 Å². The van der Waals surface area contributed by atoms with Gasteiger partial charge in [0.25, 0.3) is 0 Å². The molecule has 0 bridgehead atoms. The van der Waals surface area contributed by atoms with Crippen LogP contribution in [0.15, 0.2) is 24.3 Å². The number of carbonyl (C=O) groups is 1. The highest BCUT2D eigenvalue weighted by Crippen LogP contribution is 2.25. The summed E-state index contributed by atoms with van der Waals surface area (Å²) in [5, 5.41) is 13.0. The van der Waals surface area contributed by atoms with Gasteiger partial charge in [-0.1, -0.05) is 24.3 Å². The van der Waals surface area contributed by atoms with Crippen molar-refractivity contribution in [1.82, 2.24) is 5.32 Å². The fourth-order valence-corrected chi connectivity index (χ4v) is 1.58. The molecule has 2 rings (SSSR count). The van der Waals surface area contributed by atoms with E-state index in [2.05, 4.69) is 5.32 Å². The van der Waals surface area contributed by atoms with Gasteiger partial charge < -0.3 is 10.4 Å². The Kier molecular flexibility index (Phi) is 2.13. The van der Waals surface area contributed by atoms with Gasteiger partial charge in [-0.15, -0.1) is 0 Å². The van der Waals surface area contributed by atoms with Crippen LogP contribution in [0.25, 0.3) is 0 Å². The highest BCUT2D eigenvalue weighted by molar-refractivity contribution is 5.94. The van der Waals surface area contributed by atoms with Crippen LogP contribution in [0.1, 0.15) is 22.8 Å². The number of hydrogen-bond acceptors (Lipinski definition) is 3. The fourth-order valence-electron chi connectivity index (χ4n) is 1.58. The molecule has 14 heavy (non-hydrogen) atoms. The van der Waals surface area contributed by atoms with Crippen molar-refractivity contribution in [2.75, 3.05) is 13.1 Å². The lowest BCUT2D eigenvalue weighted by Crippen LogP contribution is -2.56. The van der Waals surface area contributed by atoms with Crippen LogP contribution in [0.5, 0.6) is 0 Å². The smallest absolute Gasteiger partial charge is 0.159 e. The highest BCUT2D eigenvalue weighted by Gasteiger charge is 2.35. The molecule has 0 aromatic heterocycles. The molecule has 1 aliphatic heterocycles. The minimum Gasteiger partial charge on any atom is -0.382 e. The summed E-state index contributed by atoms with van der Waals surface area (Å²) in [6.07, 6.45) is 0. The van der Waals surface area contributed by atoms with Crippen molar-refractivity contribution >= 4 is 5.78 Å². The minimum absolute atomic E-state index is 0.0512. The van der Waals surface area contributed by atoms with Gasteiger partial charge in [0, 0.05) is 18.7 Å². The van der Waals surface area contributed by atoms with E-state index in [9.17, 15) is 9.90 Å². The van der Waals surface area contributed by atoms with E-state index in [-0.39, 0.29) is 5.78 Å². The Bertz CT molecular complexity index is 352. The zero-order valence-electron chi connectivity index (χ0n) is 8.08. The maximum absolute atomic E-state index is 11.0. The molecular formula is C11H13NO2. The minimum atomic E-state index is -0.727. The van der Waals surface area contributed by atoms with Gasteiger partial charge in [-0.05, 0) is 12.5 Å². The molecule has 1 saturated heterocycles. The lowest BCUT2D eigenvalue weighted by molar-refractivity contribution is -0.0146. The third-order valence-electron chi connectivity index (χ3n) is 2.66. The Balaban J connectivity index is 2.25. The predicted octanol–water partition coefficient (Wildman–Crippen LogP) is 0.680. The topological polar surface area (TPSA) is 49.3 Å². The van der Waals surface area contributed by atoms with E-state index in [0.717, 1.165) is 5.56 Å². The van der Waals surface area contributed by atoms with Crippen molar-refractivity contribution < 1.29 is 9.90 Å². The van der Waals surface area contributed by atoms with Crippen LogP contribution >= 0.6 is 0 Å². The maximum Gasteiger partial charge on any atom is 0.159 e. The molecule has 0 radical (unpaired) electrons. The second-order valence-electron chi connectivity index (χ2n) is 3.77. The van der Waals surface area contributed by atoms with Crippen molar-refractivity contribution in [3.8, 4) is 0 Å². The largest absolute Gasteiger partial charge is 0.382 e. The summed E-state index contributed by atoms with van der Waals surface area (Å²) in [5.74, 6) is 0.0512. The second-order valence-corrected chi connectivity index (χ2v) is 3.77. The predicted molar refractivity (Wildman–Crippen MR) is 53.2 cm³/mol. The van der Waals surface area contributed by atoms with Gasteiger partial charge in [0.1, 0.15) is 5.60 Å². The standard InChI is InChI=1S/C11H13NO2/c1-8(13)9-2-4-10(5-3-9)11(14)6-12-7-11/h2-5,12,14H,6-7H2,1H3. The van der Waals surface area contributed by atoms with Crippen LogP contribution in [0.2, 0.25) is 0 Å². The summed E-state index contributed by atoms with van der Waals surface area (Å²) in [6, 6.07) is 7.15. The number of nitrogens with one attached hydrogen (secondary N) is 1. The number of hydrogen-bond donors (Lipinski definition) is 2. The Morgan fingerprint density at radius 2 is 1.93 bits per heavy atom. The summed E-state index contributed by atoms with van der Waals surface area (Å²) in [7, 11) is 0. The first-order chi connectivity index (χ1) is 6.62. The van der Waals surface area contributed by atoms with E-state index in [1.165, 1.54) is 6.92 Å². The molecule has 0 aliphatic carbocycles. The zero-order valence-corrected chi connectivity index (χ0v) is 8.08. The monoisotopic (exact) mass is 191 g/mol. The van der Waals surface area contributed by atoms with E-state index in [4.69, 9.17) is 0 Å². The number of carbonyl (C=O) groups excluding carboxylic acids is 1. The molecular weight excluding hydrogens is 178 g/mol. The fraction of sp³-hybridized carbons (Fsp3) is 0.364. The first-order valence-electron chi connectivity index (χ1n) is 4.66. The van der Waals surface area contributed by atoms with Crippen LogP contribution in [-0.2, 0) is 5.60 Å². The summed E-state index contributed by atoms with van der Waals surface area (Å²) in [6.45, 7) is 2.72. The number of aliphatic hydroxyl groups is 1. The van der Waals surface area contributed by atoms with Gasteiger partial charge in [-0.3, -0.25) is 4.79 Å². The van der Waals surface area contributed by atoms with Crippen LogP contribution in [0, 0.1) is 0 Å². The molecule has 1 aliphatic rings. The summed E-state index contributed by atoms with van der Waals surface area (Å²) in [5.41, 5.74) is 0.834. The lowest BCUT2D eigenvalue weighted by atomic mass is 9.87. The van der Waals surface area contributed by atoms with Crippen molar-refractivity contribution in [3.63, 3.8) is 0 Å². The summed E-state index contributed by atoms with van der Waals surface area (Å²) < 4.78 is 0. The molecule has 2 N–H and O–H groups in total. The van der Waals surface area contributed by atoms with E-state index in [0.29, 0.717) is 18.7 Å². The molecule has 3 nitrogen and oxygen atoms in total. The Hall–Kier alpha value is -1.19. The Labute approximate surface area is 82.8 Å². The van der Waals surface area contributed by atoms with Crippen molar-refractivity contribution in [1.29, 1.82) is 0 Å². The van der Waals surface area contributed by atoms with Crippen LogP contribution in [-0.4, -0.2) is 24.0 Å². The Morgan fingerprint density at radius 3 is 2.29 bits per heavy atom. The normalized spacial score (nSPS) is 18.7. The molecule has 1 fully saturated rings. The molecule has 0 spiro atoms. The molecule has 0 atom stereocenters. The van der Waals surface area contributed by atoms with Gasteiger partial charge in [-0.2, -0.15) is 0 Å². The van der Waals surface area contributed by atoms with E-state index in [1.54, 1.807) is 12.1 Å². The summed E-state index contributed by atoms with van der Waals surface area (Å²) in [4.78, 5) is 11.0. The second kappa shape index (κ2) is 3.19. The molecule has 0 amide bonds. The van der Waals surface area contributed by atoms with Gasteiger partial charge in [0.15, 0.2) is 5.78 Å². The van der Waals surface area contributed by atoms with Gasteiger partial charge in [0.05, 0.1) is 0 Å². The molecule has 1 heterocycles. The number of ketones is 1. The number of Topliss-reactive ketones (excluding diaryl/α,β-unsaturated/α-hetero) is 1. The molecule has 1 aromatic carbocycles. The zero-order chi connectivity index (χ0) is 10.2. The van der Waals surface area contributed by atoms with Crippen molar-refractivity contribution in [2.24, 2.45) is 0 Å². The average Bonchev–Trinajstić information content (AvgIpc) is 2.14. The summed E-state index contributed by atoms with van der Waals surface area (Å²) >= 11 is 0.